The summed E-state index contributed by atoms with van der Waals surface area (Å²) in [5, 5.41) is 2.82. The third-order valence-corrected chi connectivity index (χ3v) is 6.41. The smallest absolute Gasteiger partial charge is 0.258 e. The summed E-state index contributed by atoms with van der Waals surface area (Å²) >= 11 is 1.78. The van der Waals surface area contributed by atoms with Gasteiger partial charge < -0.3 is 4.74 Å². The molecule has 0 saturated carbocycles. The van der Waals surface area contributed by atoms with Gasteiger partial charge in [0.15, 0.2) is 0 Å². The molecule has 0 fully saturated rings. The number of thiophene rings is 1. The molecule has 1 aliphatic carbocycles. The number of hydrogen-bond donors (Lipinski definition) is 1. The zero-order chi connectivity index (χ0) is 20.5. The number of ether oxygens (including phenoxy) is 1. The van der Waals surface area contributed by atoms with E-state index >= 15 is 0 Å². The van der Waals surface area contributed by atoms with Crippen molar-refractivity contribution in [3.63, 3.8) is 0 Å². The number of aromatic nitrogens is 2. The molecule has 0 radical (unpaired) electrons. The summed E-state index contributed by atoms with van der Waals surface area (Å²) in [5.41, 5.74) is 4.84. The molecule has 5 rings (SSSR count). The van der Waals surface area contributed by atoms with Crippen LogP contribution in [0.1, 0.15) is 20.8 Å². The fourth-order valence-electron chi connectivity index (χ4n) is 3.63. The van der Waals surface area contributed by atoms with Crippen molar-refractivity contribution in [1.82, 2.24) is 9.97 Å². The predicted molar refractivity (Wildman–Crippen MR) is 119 cm³/mol. The normalized spacial score (nSPS) is 12.0. The predicted octanol–water partition coefficient (Wildman–Crippen LogP) is 5.23. The number of carbonyl (C=O) groups is 1. The first-order chi connectivity index (χ1) is 14.7. The molecular weight excluding hydrogens is 394 g/mol. The maximum absolute atomic E-state index is 12.5. The van der Waals surface area contributed by atoms with Gasteiger partial charge in [-0.05, 0) is 54.3 Å². The summed E-state index contributed by atoms with van der Waals surface area (Å²) < 4.78 is 5.37. The van der Waals surface area contributed by atoms with Crippen molar-refractivity contribution in [1.29, 1.82) is 0 Å². The standard InChI is InChI=1S/C24H19N3O2S/c1-29-18-9-5-8-16(12-18)21-13-19-20(30-21)11-10-17-14-25-24(26-22(17)19)27-23(28)15-6-3-2-4-7-15/h2-9,12-14H,10-11H2,1H3,(H,25,26,27,28). The van der Waals surface area contributed by atoms with E-state index in [9.17, 15) is 4.79 Å². The first kappa shape index (κ1) is 18.5. The van der Waals surface area contributed by atoms with Crippen molar-refractivity contribution >= 4 is 23.2 Å². The van der Waals surface area contributed by atoms with Gasteiger partial charge in [-0.15, -0.1) is 11.3 Å². The van der Waals surface area contributed by atoms with Crippen LogP contribution in [0.4, 0.5) is 5.95 Å². The van der Waals surface area contributed by atoms with Gasteiger partial charge in [-0.1, -0.05) is 30.3 Å². The quantitative estimate of drug-likeness (QED) is 0.497. The molecule has 0 aliphatic heterocycles. The zero-order valence-electron chi connectivity index (χ0n) is 16.4. The molecule has 0 unspecified atom stereocenters. The second-order valence-corrected chi connectivity index (χ2v) is 8.20. The average Bonchev–Trinajstić information content (AvgIpc) is 3.25. The van der Waals surface area contributed by atoms with E-state index in [1.54, 1.807) is 30.6 Å². The van der Waals surface area contributed by atoms with Gasteiger partial charge in [0.1, 0.15) is 5.75 Å². The number of anilines is 1. The van der Waals surface area contributed by atoms with Crippen molar-refractivity contribution in [3.8, 4) is 27.4 Å². The Bertz CT molecular complexity index is 1230. The number of aryl methyl sites for hydroxylation is 2. The van der Waals surface area contributed by atoms with E-state index in [1.807, 2.05) is 42.6 Å². The number of fused-ring (bicyclic) bond motifs is 3. The van der Waals surface area contributed by atoms with Gasteiger partial charge in [-0.2, -0.15) is 0 Å². The van der Waals surface area contributed by atoms with Gasteiger partial charge in [0, 0.05) is 27.1 Å². The lowest BCUT2D eigenvalue weighted by Crippen LogP contribution is -2.15. The van der Waals surface area contributed by atoms with Crippen LogP contribution in [0.25, 0.3) is 21.7 Å². The Hall–Kier alpha value is -3.51. The molecule has 2 aromatic heterocycles. The fraction of sp³-hybridized carbons (Fsp3) is 0.125. The van der Waals surface area contributed by atoms with Gasteiger partial charge in [0.2, 0.25) is 5.95 Å². The van der Waals surface area contributed by atoms with Crippen LogP contribution in [0.2, 0.25) is 0 Å². The van der Waals surface area contributed by atoms with Crippen molar-refractivity contribution in [2.24, 2.45) is 0 Å². The van der Waals surface area contributed by atoms with Gasteiger partial charge in [0.25, 0.3) is 5.91 Å². The van der Waals surface area contributed by atoms with Crippen LogP contribution < -0.4 is 10.1 Å². The Balaban J connectivity index is 1.48. The van der Waals surface area contributed by atoms with Crippen LogP contribution in [-0.4, -0.2) is 23.0 Å². The lowest BCUT2D eigenvalue weighted by atomic mass is 9.96. The van der Waals surface area contributed by atoms with Gasteiger partial charge in [-0.3, -0.25) is 10.1 Å². The van der Waals surface area contributed by atoms with E-state index in [2.05, 4.69) is 22.4 Å². The molecule has 30 heavy (non-hydrogen) atoms. The number of nitrogens with one attached hydrogen (secondary N) is 1. The minimum absolute atomic E-state index is 0.214. The summed E-state index contributed by atoms with van der Waals surface area (Å²) in [6, 6.07) is 19.3. The van der Waals surface area contributed by atoms with Crippen LogP contribution >= 0.6 is 11.3 Å². The first-order valence-electron chi connectivity index (χ1n) is 9.71. The van der Waals surface area contributed by atoms with Crippen molar-refractivity contribution < 1.29 is 9.53 Å². The monoisotopic (exact) mass is 413 g/mol. The summed E-state index contributed by atoms with van der Waals surface area (Å²) in [6.45, 7) is 0. The molecule has 1 N–H and O–H groups in total. The Morgan fingerprint density at radius 1 is 1.07 bits per heavy atom. The van der Waals surface area contributed by atoms with E-state index < -0.39 is 0 Å². The molecule has 6 heteroatoms. The second kappa shape index (κ2) is 7.72. The summed E-state index contributed by atoms with van der Waals surface area (Å²) in [5.74, 6) is 0.950. The average molecular weight is 414 g/mol. The van der Waals surface area contributed by atoms with E-state index in [-0.39, 0.29) is 5.91 Å². The topological polar surface area (TPSA) is 64.1 Å². The van der Waals surface area contributed by atoms with Crippen LogP contribution in [0.15, 0.2) is 66.9 Å². The number of benzene rings is 2. The van der Waals surface area contributed by atoms with E-state index in [0.29, 0.717) is 11.5 Å². The zero-order valence-corrected chi connectivity index (χ0v) is 17.2. The van der Waals surface area contributed by atoms with Crippen LogP contribution in [-0.2, 0) is 12.8 Å². The number of nitrogens with zero attached hydrogens (tertiary/aromatic N) is 2. The molecule has 1 aliphatic rings. The number of methoxy groups -OCH3 is 1. The highest BCUT2D eigenvalue weighted by Crippen LogP contribution is 2.42. The van der Waals surface area contributed by atoms with E-state index in [1.165, 1.54) is 9.75 Å². The number of amides is 1. The van der Waals surface area contributed by atoms with Crippen molar-refractivity contribution in [3.05, 3.63) is 82.9 Å². The maximum Gasteiger partial charge on any atom is 0.258 e. The molecule has 2 heterocycles. The molecule has 4 aromatic rings. The molecule has 0 saturated heterocycles. The Kier molecular flexibility index (Phi) is 4.77. The molecule has 1 amide bonds. The van der Waals surface area contributed by atoms with Crippen LogP contribution in [0.3, 0.4) is 0 Å². The fourth-order valence-corrected chi connectivity index (χ4v) is 4.78. The molecule has 5 nitrogen and oxygen atoms in total. The number of hydrogen-bond acceptors (Lipinski definition) is 5. The SMILES string of the molecule is COc1cccc(-c2cc3c(s2)CCc2cnc(NC(=O)c4ccccc4)nc2-3)c1. The Labute approximate surface area is 178 Å². The highest BCUT2D eigenvalue weighted by Gasteiger charge is 2.22. The highest BCUT2D eigenvalue weighted by molar-refractivity contribution is 7.16. The number of rotatable bonds is 4. The lowest BCUT2D eigenvalue weighted by molar-refractivity contribution is 0.102. The summed E-state index contributed by atoms with van der Waals surface area (Å²) in [4.78, 5) is 24.0. The van der Waals surface area contributed by atoms with Gasteiger partial charge >= 0.3 is 0 Å². The highest BCUT2D eigenvalue weighted by atomic mass is 32.1. The van der Waals surface area contributed by atoms with Crippen molar-refractivity contribution in [2.75, 3.05) is 12.4 Å². The minimum atomic E-state index is -0.214. The molecule has 2 aromatic carbocycles. The largest absolute Gasteiger partial charge is 0.497 e. The third-order valence-electron chi connectivity index (χ3n) is 5.17. The molecule has 148 valence electrons. The first-order valence-corrected chi connectivity index (χ1v) is 10.5. The minimum Gasteiger partial charge on any atom is -0.497 e. The molecular formula is C24H19N3O2S. The maximum atomic E-state index is 12.5. The van der Waals surface area contributed by atoms with Crippen molar-refractivity contribution in [2.45, 2.75) is 12.8 Å². The summed E-state index contributed by atoms with van der Waals surface area (Å²) in [6.07, 6.45) is 3.69. The number of carbonyl (C=O) groups excluding carboxylic acids is 1. The second-order valence-electron chi connectivity index (χ2n) is 7.07. The van der Waals surface area contributed by atoms with E-state index in [4.69, 9.17) is 9.72 Å². The van der Waals surface area contributed by atoms with Crippen LogP contribution in [0.5, 0.6) is 5.75 Å². The van der Waals surface area contributed by atoms with Crippen LogP contribution in [0, 0.1) is 0 Å². The van der Waals surface area contributed by atoms with Gasteiger partial charge in [-0.25, -0.2) is 9.97 Å². The van der Waals surface area contributed by atoms with E-state index in [0.717, 1.165) is 41.0 Å². The summed E-state index contributed by atoms with van der Waals surface area (Å²) in [7, 11) is 1.68. The molecule has 0 spiro atoms. The van der Waals surface area contributed by atoms with Gasteiger partial charge in [0.05, 0.1) is 12.8 Å². The Morgan fingerprint density at radius 2 is 1.93 bits per heavy atom. The Morgan fingerprint density at radius 3 is 2.77 bits per heavy atom. The third kappa shape index (κ3) is 3.46. The molecule has 0 atom stereocenters. The lowest BCUT2D eigenvalue weighted by Gasteiger charge is -2.15. The molecule has 0 bridgehead atoms.